The monoisotopic (exact) mass is 388 g/mol. The molecule has 3 amide bonds. The van der Waals surface area contributed by atoms with E-state index in [1.807, 2.05) is 18.2 Å². The number of para-hydroxylation sites is 1. The fraction of sp³-hybridized carbons (Fsp3) is 0.263. The van der Waals surface area contributed by atoms with Gasteiger partial charge in [0, 0.05) is 18.8 Å². The van der Waals surface area contributed by atoms with Crippen LogP contribution < -0.4 is 21.3 Å². The molecule has 8 heteroatoms. The first kappa shape index (κ1) is 19.2. The minimum Gasteiger partial charge on any atom is -0.378 e. The normalized spacial score (nSPS) is 16.4. The topological polar surface area (TPSA) is 91.5 Å². The van der Waals surface area contributed by atoms with Gasteiger partial charge < -0.3 is 26.0 Å². The molecule has 2 aromatic carbocycles. The van der Waals surface area contributed by atoms with Gasteiger partial charge in [0.1, 0.15) is 6.04 Å². The molecule has 2 aromatic rings. The first-order valence-corrected chi connectivity index (χ1v) is 9.00. The molecule has 1 heterocycles. The van der Waals surface area contributed by atoms with Crippen LogP contribution in [-0.2, 0) is 16.1 Å². The number of carbonyl (C=O) groups excluding carboxylic acids is 2. The number of halogens is 1. The number of urea groups is 1. The molecule has 3 rings (SSSR count). The summed E-state index contributed by atoms with van der Waals surface area (Å²) in [6.07, 6.45) is 0. The molecule has 1 atom stereocenters. The fourth-order valence-corrected chi connectivity index (χ4v) is 2.82. The molecule has 0 radical (unpaired) electrons. The summed E-state index contributed by atoms with van der Waals surface area (Å²) in [5, 5.41) is 11.9. The maximum atomic E-state index is 12.2. The fourth-order valence-electron chi connectivity index (χ4n) is 2.63. The summed E-state index contributed by atoms with van der Waals surface area (Å²) in [4.78, 5) is 24.3. The summed E-state index contributed by atoms with van der Waals surface area (Å²) < 4.78 is 5.30. The van der Waals surface area contributed by atoms with Crippen LogP contribution in [0.5, 0.6) is 0 Å². The van der Waals surface area contributed by atoms with E-state index in [0.29, 0.717) is 42.7 Å². The third kappa shape index (κ3) is 5.68. The van der Waals surface area contributed by atoms with Crippen molar-refractivity contribution in [3.63, 3.8) is 0 Å². The maximum absolute atomic E-state index is 12.2. The predicted octanol–water partition coefficient (Wildman–Crippen LogP) is 2.59. The molecule has 0 aromatic heterocycles. The third-order valence-corrected chi connectivity index (χ3v) is 4.34. The van der Waals surface area contributed by atoms with Crippen molar-refractivity contribution in [2.45, 2.75) is 12.6 Å². The predicted molar refractivity (Wildman–Crippen MR) is 105 cm³/mol. The second kappa shape index (κ2) is 9.36. The Bertz CT molecular complexity index is 809. The molecule has 0 aliphatic carbocycles. The molecule has 1 unspecified atom stereocenters. The molecule has 142 valence electrons. The van der Waals surface area contributed by atoms with Crippen molar-refractivity contribution >= 4 is 34.9 Å². The van der Waals surface area contributed by atoms with E-state index in [4.69, 9.17) is 16.3 Å². The van der Waals surface area contributed by atoms with Crippen LogP contribution >= 0.6 is 11.6 Å². The first-order valence-electron chi connectivity index (χ1n) is 8.62. The molecule has 0 saturated carbocycles. The highest BCUT2D eigenvalue weighted by molar-refractivity contribution is 6.33. The van der Waals surface area contributed by atoms with Gasteiger partial charge in [0.15, 0.2) is 0 Å². The zero-order chi connectivity index (χ0) is 19.1. The number of morpholine rings is 1. The Labute approximate surface area is 162 Å². The summed E-state index contributed by atoms with van der Waals surface area (Å²) in [6.45, 7) is 1.93. The molecule has 27 heavy (non-hydrogen) atoms. The van der Waals surface area contributed by atoms with E-state index in [1.165, 1.54) is 0 Å². The average Bonchev–Trinajstić information content (AvgIpc) is 2.69. The molecule has 1 aliphatic heterocycles. The van der Waals surface area contributed by atoms with Crippen molar-refractivity contribution in [1.29, 1.82) is 0 Å². The summed E-state index contributed by atoms with van der Waals surface area (Å²) in [7, 11) is 0. The van der Waals surface area contributed by atoms with Gasteiger partial charge in [-0.3, -0.25) is 4.79 Å². The molecular weight excluding hydrogens is 368 g/mol. The molecule has 1 saturated heterocycles. The van der Waals surface area contributed by atoms with Crippen molar-refractivity contribution in [3.05, 3.63) is 59.1 Å². The Morgan fingerprint density at radius 3 is 2.78 bits per heavy atom. The number of hydrogen-bond acceptors (Lipinski definition) is 4. The van der Waals surface area contributed by atoms with Gasteiger partial charge in [-0.2, -0.15) is 0 Å². The second-order valence-electron chi connectivity index (χ2n) is 6.06. The van der Waals surface area contributed by atoms with Crippen LogP contribution in [0.2, 0.25) is 5.02 Å². The summed E-state index contributed by atoms with van der Waals surface area (Å²) in [6, 6.07) is 13.6. The first-order chi connectivity index (χ1) is 13.1. The number of amides is 3. The third-order valence-electron chi connectivity index (χ3n) is 4.01. The molecule has 0 spiro atoms. The molecule has 7 nitrogen and oxygen atoms in total. The van der Waals surface area contributed by atoms with Gasteiger partial charge in [0.2, 0.25) is 5.91 Å². The quantitative estimate of drug-likeness (QED) is 0.633. The van der Waals surface area contributed by atoms with E-state index in [1.54, 1.807) is 30.3 Å². The highest BCUT2D eigenvalue weighted by Crippen LogP contribution is 2.20. The Balaban J connectivity index is 1.52. The lowest BCUT2D eigenvalue weighted by atomic mass is 10.2. The van der Waals surface area contributed by atoms with Gasteiger partial charge >= 0.3 is 6.03 Å². The van der Waals surface area contributed by atoms with Gasteiger partial charge in [-0.15, -0.1) is 0 Å². The van der Waals surface area contributed by atoms with Crippen LogP contribution in [0.4, 0.5) is 16.2 Å². The van der Waals surface area contributed by atoms with E-state index >= 15 is 0 Å². The largest absolute Gasteiger partial charge is 0.378 e. The molecule has 1 fully saturated rings. The number of benzene rings is 2. The van der Waals surface area contributed by atoms with Crippen LogP contribution in [0.1, 0.15) is 5.56 Å². The molecular formula is C19H21ClN4O3. The Morgan fingerprint density at radius 2 is 2.00 bits per heavy atom. The van der Waals surface area contributed by atoms with Crippen LogP contribution in [0, 0.1) is 0 Å². The van der Waals surface area contributed by atoms with Crippen LogP contribution in [0.15, 0.2) is 48.5 Å². The van der Waals surface area contributed by atoms with Crippen molar-refractivity contribution in [2.75, 3.05) is 30.4 Å². The number of carbonyl (C=O) groups is 2. The molecule has 4 N–H and O–H groups in total. The van der Waals surface area contributed by atoms with Gasteiger partial charge in [-0.1, -0.05) is 35.9 Å². The Morgan fingerprint density at radius 1 is 1.15 bits per heavy atom. The zero-order valence-electron chi connectivity index (χ0n) is 14.6. The van der Waals surface area contributed by atoms with Crippen molar-refractivity contribution in [1.82, 2.24) is 10.6 Å². The lowest BCUT2D eigenvalue weighted by Crippen LogP contribution is -2.48. The zero-order valence-corrected chi connectivity index (χ0v) is 15.4. The van der Waals surface area contributed by atoms with Gasteiger partial charge in [0.05, 0.1) is 23.9 Å². The van der Waals surface area contributed by atoms with E-state index in [0.717, 1.165) is 5.56 Å². The SMILES string of the molecule is O=C(NCc1cccc(NC(=O)C2COCCN2)c1)Nc1ccccc1Cl. The lowest BCUT2D eigenvalue weighted by Gasteiger charge is -2.23. The van der Waals surface area contributed by atoms with Crippen molar-refractivity contribution in [2.24, 2.45) is 0 Å². The minimum atomic E-state index is -0.360. The highest BCUT2D eigenvalue weighted by Gasteiger charge is 2.21. The summed E-state index contributed by atoms with van der Waals surface area (Å²) >= 11 is 6.02. The molecule has 0 bridgehead atoms. The number of anilines is 2. The van der Waals surface area contributed by atoms with E-state index < -0.39 is 0 Å². The van der Waals surface area contributed by atoms with E-state index in [2.05, 4.69) is 21.3 Å². The van der Waals surface area contributed by atoms with Crippen molar-refractivity contribution in [3.8, 4) is 0 Å². The van der Waals surface area contributed by atoms with Crippen molar-refractivity contribution < 1.29 is 14.3 Å². The van der Waals surface area contributed by atoms with E-state index in [9.17, 15) is 9.59 Å². The minimum absolute atomic E-state index is 0.142. The van der Waals surface area contributed by atoms with Gasteiger partial charge in [-0.25, -0.2) is 4.79 Å². The van der Waals surface area contributed by atoms with Crippen LogP contribution in [-0.4, -0.2) is 37.7 Å². The number of hydrogen-bond donors (Lipinski definition) is 4. The smallest absolute Gasteiger partial charge is 0.319 e. The maximum Gasteiger partial charge on any atom is 0.319 e. The average molecular weight is 389 g/mol. The summed E-state index contributed by atoms with van der Waals surface area (Å²) in [5.74, 6) is -0.142. The van der Waals surface area contributed by atoms with Gasteiger partial charge in [-0.05, 0) is 29.8 Å². The summed E-state index contributed by atoms with van der Waals surface area (Å²) in [5.41, 5.74) is 2.06. The highest BCUT2D eigenvalue weighted by atomic mass is 35.5. The van der Waals surface area contributed by atoms with Crippen LogP contribution in [0.25, 0.3) is 0 Å². The van der Waals surface area contributed by atoms with E-state index in [-0.39, 0.29) is 18.0 Å². The Hall–Kier alpha value is -2.61. The lowest BCUT2D eigenvalue weighted by molar-refractivity contribution is -0.120. The van der Waals surface area contributed by atoms with Gasteiger partial charge in [0.25, 0.3) is 0 Å². The number of ether oxygens (including phenoxy) is 1. The standard InChI is InChI=1S/C19H21ClN4O3/c20-15-6-1-2-7-16(15)24-19(26)22-11-13-4-3-5-14(10-13)23-18(25)17-12-27-9-8-21-17/h1-7,10,17,21H,8-9,11-12H2,(H,23,25)(H2,22,24,26). The van der Waals surface area contributed by atoms with Crippen LogP contribution in [0.3, 0.4) is 0 Å². The second-order valence-corrected chi connectivity index (χ2v) is 6.47. The Kier molecular flexibility index (Phi) is 6.64. The number of nitrogens with one attached hydrogen (secondary N) is 4. The molecule has 1 aliphatic rings. The number of rotatable bonds is 5.